The van der Waals surface area contributed by atoms with Crippen LogP contribution in [0.4, 0.5) is 0 Å². The van der Waals surface area contributed by atoms with Crippen LogP contribution in [-0.4, -0.2) is 47.7 Å². The van der Waals surface area contributed by atoms with Crippen LogP contribution in [0.25, 0.3) is 0 Å². The van der Waals surface area contributed by atoms with Crippen LogP contribution in [0.2, 0.25) is 0 Å². The van der Waals surface area contributed by atoms with E-state index in [1.165, 1.54) is 4.90 Å². The predicted molar refractivity (Wildman–Crippen MR) is 58.1 cm³/mol. The first-order valence-corrected chi connectivity index (χ1v) is 5.76. The second-order valence-electron chi connectivity index (χ2n) is 3.99. The van der Waals surface area contributed by atoms with Gasteiger partial charge in [-0.2, -0.15) is 0 Å². The van der Waals surface area contributed by atoms with Crippen LogP contribution in [0, 0.1) is 0 Å². The molecule has 5 heteroatoms. The first-order chi connectivity index (χ1) is 7.66. The predicted octanol–water partition coefficient (Wildman–Crippen LogP) is 0.879. The number of rotatable bonds is 5. The van der Waals surface area contributed by atoms with E-state index in [-0.39, 0.29) is 12.5 Å². The molecule has 5 nitrogen and oxygen atoms in total. The van der Waals surface area contributed by atoms with Crippen molar-refractivity contribution in [2.24, 2.45) is 0 Å². The van der Waals surface area contributed by atoms with E-state index in [1.54, 1.807) is 0 Å². The van der Waals surface area contributed by atoms with E-state index in [0.29, 0.717) is 19.6 Å². The lowest BCUT2D eigenvalue weighted by Crippen LogP contribution is -2.49. The standard InChI is InChI=1S/C11H19NO4/c1-2-7-16-8-10(13)12-6-4-3-5-9(12)11(14)15/h9H,2-8H2,1H3,(H,14,15). The fraction of sp³-hybridized carbons (Fsp3) is 0.818. The van der Waals surface area contributed by atoms with Gasteiger partial charge in [-0.15, -0.1) is 0 Å². The lowest BCUT2D eigenvalue weighted by molar-refractivity contribution is -0.154. The maximum atomic E-state index is 11.7. The molecule has 0 bridgehead atoms. The minimum atomic E-state index is -0.913. The summed E-state index contributed by atoms with van der Waals surface area (Å²) in [5, 5.41) is 8.99. The van der Waals surface area contributed by atoms with Gasteiger partial charge in [-0.05, 0) is 25.7 Å². The average molecular weight is 229 g/mol. The van der Waals surface area contributed by atoms with Gasteiger partial charge in [0.15, 0.2) is 0 Å². The Labute approximate surface area is 95.4 Å². The summed E-state index contributed by atoms with van der Waals surface area (Å²) in [7, 11) is 0. The molecule has 92 valence electrons. The zero-order chi connectivity index (χ0) is 12.0. The Balaban J connectivity index is 2.47. The summed E-state index contributed by atoms with van der Waals surface area (Å²) in [6.45, 7) is 3.03. The molecule has 0 spiro atoms. The van der Waals surface area contributed by atoms with E-state index >= 15 is 0 Å². The zero-order valence-electron chi connectivity index (χ0n) is 9.65. The lowest BCUT2D eigenvalue weighted by atomic mass is 10.0. The van der Waals surface area contributed by atoms with E-state index in [0.717, 1.165) is 19.3 Å². The minimum absolute atomic E-state index is 0.00236. The molecule has 0 saturated carbocycles. The van der Waals surface area contributed by atoms with Crippen molar-refractivity contribution >= 4 is 11.9 Å². The van der Waals surface area contributed by atoms with E-state index in [2.05, 4.69) is 0 Å². The summed E-state index contributed by atoms with van der Waals surface area (Å²) in [5.74, 6) is -1.12. The van der Waals surface area contributed by atoms with Gasteiger partial charge < -0.3 is 14.7 Å². The molecule has 1 unspecified atom stereocenters. The van der Waals surface area contributed by atoms with Gasteiger partial charge in [0.1, 0.15) is 12.6 Å². The smallest absolute Gasteiger partial charge is 0.326 e. The molecule has 0 aliphatic carbocycles. The van der Waals surface area contributed by atoms with Gasteiger partial charge in [0.25, 0.3) is 0 Å². The largest absolute Gasteiger partial charge is 0.480 e. The van der Waals surface area contributed by atoms with Crippen LogP contribution in [-0.2, 0) is 14.3 Å². The fourth-order valence-corrected chi connectivity index (χ4v) is 1.87. The van der Waals surface area contributed by atoms with Crippen molar-refractivity contribution in [3.8, 4) is 0 Å². The quantitative estimate of drug-likeness (QED) is 0.711. The number of amides is 1. The summed E-state index contributed by atoms with van der Waals surface area (Å²) < 4.78 is 5.14. The molecular weight excluding hydrogens is 210 g/mol. The van der Waals surface area contributed by atoms with Crippen molar-refractivity contribution in [3.63, 3.8) is 0 Å². The van der Waals surface area contributed by atoms with Crippen LogP contribution in [0.5, 0.6) is 0 Å². The highest BCUT2D eigenvalue weighted by Gasteiger charge is 2.31. The number of carbonyl (C=O) groups is 2. The van der Waals surface area contributed by atoms with E-state index < -0.39 is 12.0 Å². The number of hydrogen-bond acceptors (Lipinski definition) is 3. The second-order valence-corrected chi connectivity index (χ2v) is 3.99. The van der Waals surface area contributed by atoms with Gasteiger partial charge in [-0.1, -0.05) is 6.92 Å². The first-order valence-electron chi connectivity index (χ1n) is 5.76. The topological polar surface area (TPSA) is 66.8 Å². The normalized spacial score (nSPS) is 20.8. The molecule has 1 amide bonds. The third-order valence-corrected chi connectivity index (χ3v) is 2.68. The Kier molecular flexibility index (Phi) is 5.25. The van der Waals surface area contributed by atoms with Crippen molar-refractivity contribution in [1.82, 2.24) is 4.90 Å². The Bertz CT molecular complexity index is 254. The molecule has 0 aromatic rings. The average Bonchev–Trinajstić information content (AvgIpc) is 2.29. The summed E-state index contributed by atoms with van der Waals surface area (Å²) in [6.07, 6.45) is 3.16. The molecule has 0 radical (unpaired) electrons. The van der Waals surface area contributed by atoms with Crippen molar-refractivity contribution in [3.05, 3.63) is 0 Å². The monoisotopic (exact) mass is 229 g/mol. The van der Waals surface area contributed by atoms with Crippen molar-refractivity contribution in [2.45, 2.75) is 38.6 Å². The maximum absolute atomic E-state index is 11.7. The maximum Gasteiger partial charge on any atom is 0.326 e. The molecule has 0 aromatic heterocycles. The third-order valence-electron chi connectivity index (χ3n) is 2.68. The van der Waals surface area contributed by atoms with Gasteiger partial charge in [0.05, 0.1) is 0 Å². The van der Waals surface area contributed by atoms with E-state index in [1.807, 2.05) is 6.92 Å². The molecule has 16 heavy (non-hydrogen) atoms. The highest BCUT2D eigenvalue weighted by Crippen LogP contribution is 2.17. The molecular formula is C11H19NO4. The van der Waals surface area contributed by atoms with Crippen LogP contribution >= 0.6 is 0 Å². The van der Waals surface area contributed by atoms with Crippen molar-refractivity contribution in [2.75, 3.05) is 19.8 Å². The van der Waals surface area contributed by atoms with Gasteiger partial charge in [0.2, 0.25) is 5.91 Å². The molecule has 0 aromatic carbocycles. The zero-order valence-corrected chi connectivity index (χ0v) is 9.65. The molecule has 1 aliphatic heterocycles. The molecule has 1 heterocycles. The Morgan fingerprint density at radius 3 is 2.81 bits per heavy atom. The number of carboxylic acid groups (broad SMARTS) is 1. The summed E-state index contributed by atoms with van der Waals surface area (Å²) >= 11 is 0. The molecule has 1 rings (SSSR count). The fourth-order valence-electron chi connectivity index (χ4n) is 1.87. The Morgan fingerprint density at radius 1 is 1.44 bits per heavy atom. The number of ether oxygens (including phenoxy) is 1. The van der Waals surface area contributed by atoms with E-state index in [4.69, 9.17) is 9.84 Å². The number of nitrogens with zero attached hydrogens (tertiary/aromatic N) is 1. The number of aliphatic carboxylic acids is 1. The number of piperidine rings is 1. The molecule has 1 N–H and O–H groups in total. The van der Waals surface area contributed by atoms with Crippen LogP contribution in [0.3, 0.4) is 0 Å². The van der Waals surface area contributed by atoms with Gasteiger partial charge in [-0.3, -0.25) is 4.79 Å². The van der Waals surface area contributed by atoms with Crippen molar-refractivity contribution in [1.29, 1.82) is 0 Å². The number of carboxylic acids is 1. The highest BCUT2D eigenvalue weighted by atomic mass is 16.5. The summed E-state index contributed by atoms with van der Waals surface area (Å²) in [4.78, 5) is 24.1. The highest BCUT2D eigenvalue weighted by molar-refractivity contribution is 5.84. The molecule has 1 saturated heterocycles. The number of carbonyl (C=O) groups excluding carboxylic acids is 1. The SMILES string of the molecule is CCCOCC(=O)N1CCCCC1C(=O)O. The lowest BCUT2D eigenvalue weighted by Gasteiger charge is -2.32. The van der Waals surface area contributed by atoms with Crippen molar-refractivity contribution < 1.29 is 19.4 Å². The first kappa shape index (κ1) is 13.0. The third kappa shape index (κ3) is 3.48. The van der Waals surface area contributed by atoms with Crippen LogP contribution in [0.15, 0.2) is 0 Å². The van der Waals surface area contributed by atoms with Crippen LogP contribution < -0.4 is 0 Å². The van der Waals surface area contributed by atoms with Gasteiger partial charge in [-0.25, -0.2) is 4.79 Å². The van der Waals surface area contributed by atoms with Gasteiger partial charge >= 0.3 is 5.97 Å². The summed E-state index contributed by atoms with van der Waals surface area (Å²) in [5.41, 5.74) is 0. The molecule has 1 aliphatic rings. The number of hydrogen-bond donors (Lipinski definition) is 1. The van der Waals surface area contributed by atoms with Crippen LogP contribution in [0.1, 0.15) is 32.6 Å². The van der Waals surface area contributed by atoms with E-state index in [9.17, 15) is 9.59 Å². The molecule has 1 atom stereocenters. The van der Waals surface area contributed by atoms with Gasteiger partial charge in [0, 0.05) is 13.2 Å². The summed E-state index contributed by atoms with van der Waals surface area (Å²) in [6, 6.07) is -0.661. The Morgan fingerprint density at radius 2 is 2.19 bits per heavy atom. The number of likely N-dealkylation sites (tertiary alicyclic amines) is 1. The second kappa shape index (κ2) is 6.48. The minimum Gasteiger partial charge on any atom is -0.480 e. The molecule has 1 fully saturated rings. The Hall–Kier alpha value is -1.10.